The average molecular weight is 321 g/mol. The van der Waals surface area contributed by atoms with Crippen LogP contribution in [0.5, 0.6) is 0 Å². The molecular formula is C14H25ClN2O2S. The molecule has 0 radical (unpaired) electrons. The van der Waals surface area contributed by atoms with Crippen molar-refractivity contribution in [1.29, 1.82) is 0 Å². The maximum atomic E-state index is 11.7. The number of hydrogen-bond donors (Lipinski definition) is 2. The van der Waals surface area contributed by atoms with Gasteiger partial charge in [-0.1, -0.05) is 27.2 Å². The molecule has 0 heterocycles. The van der Waals surface area contributed by atoms with Crippen LogP contribution in [0.3, 0.4) is 0 Å². The van der Waals surface area contributed by atoms with Crippen molar-refractivity contribution < 1.29 is 9.53 Å². The predicted molar refractivity (Wildman–Crippen MR) is 88.2 cm³/mol. The summed E-state index contributed by atoms with van der Waals surface area (Å²) in [5, 5.41) is 0.121. The number of ether oxygens (including phenoxy) is 1. The van der Waals surface area contributed by atoms with Gasteiger partial charge in [0.1, 0.15) is 6.10 Å². The molecule has 6 heteroatoms. The minimum Gasteiger partial charge on any atom is -0.459 e. The zero-order chi connectivity index (χ0) is 14.4. The lowest BCUT2D eigenvalue weighted by Crippen LogP contribution is -2.35. The van der Waals surface area contributed by atoms with Crippen molar-refractivity contribution in [1.82, 2.24) is 0 Å². The molecule has 3 atom stereocenters. The Hall–Kier alpha value is -0.680. The van der Waals surface area contributed by atoms with Crippen LogP contribution in [0.15, 0.2) is 17.3 Å². The summed E-state index contributed by atoms with van der Waals surface area (Å²) >= 11 is 3.81. The molecule has 116 valence electrons. The van der Waals surface area contributed by atoms with E-state index in [-0.39, 0.29) is 29.6 Å². The highest BCUT2D eigenvalue weighted by Gasteiger charge is 2.32. The molecule has 0 bridgehead atoms. The van der Waals surface area contributed by atoms with E-state index in [0.717, 1.165) is 12.8 Å². The Morgan fingerprint density at radius 1 is 1.45 bits per heavy atom. The maximum Gasteiger partial charge on any atom is 0.332 e. The number of aliphatic imine (C=N–C) groups is 1. The third-order valence-corrected chi connectivity index (χ3v) is 3.76. The fourth-order valence-electron chi connectivity index (χ4n) is 2.61. The van der Waals surface area contributed by atoms with Gasteiger partial charge in [-0.25, -0.2) is 9.79 Å². The first-order chi connectivity index (χ1) is 8.90. The molecule has 1 rings (SSSR count). The minimum atomic E-state index is -0.358. The zero-order valence-electron chi connectivity index (χ0n) is 12.3. The minimum absolute atomic E-state index is 0. The summed E-state index contributed by atoms with van der Waals surface area (Å²) in [6.45, 7) is 6.57. The summed E-state index contributed by atoms with van der Waals surface area (Å²) in [6, 6.07) is 0. The zero-order valence-corrected chi connectivity index (χ0v) is 14.0. The Kier molecular flexibility index (Phi) is 8.98. The third-order valence-electron chi connectivity index (χ3n) is 3.65. The average Bonchev–Trinajstić information content (AvgIpc) is 2.27. The van der Waals surface area contributed by atoms with Crippen molar-refractivity contribution >= 4 is 36.2 Å². The van der Waals surface area contributed by atoms with Gasteiger partial charge >= 0.3 is 5.97 Å². The number of thiol groups is 1. The van der Waals surface area contributed by atoms with Gasteiger partial charge in [0.15, 0.2) is 5.17 Å². The summed E-state index contributed by atoms with van der Waals surface area (Å²) in [4.78, 5) is 15.4. The quantitative estimate of drug-likeness (QED) is 0.275. The van der Waals surface area contributed by atoms with Crippen LogP contribution in [0.4, 0.5) is 0 Å². The Bertz CT molecular complexity index is 368. The van der Waals surface area contributed by atoms with E-state index < -0.39 is 0 Å². The lowest BCUT2D eigenvalue weighted by molar-refractivity contribution is -0.149. The number of amidine groups is 1. The lowest BCUT2D eigenvalue weighted by atomic mass is 9.75. The number of nitrogens with zero attached hydrogens (tertiary/aromatic N) is 1. The number of nitrogens with two attached hydrogens (primary N) is 1. The van der Waals surface area contributed by atoms with E-state index in [1.165, 1.54) is 18.7 Å². The fraction of sp³-hybridized carbons (Fsp3) is 0.714. The summed E-state index contributed by atoms with van der Waals surface area (Å²) in [7, 11) is 0. The molecule has 1 fully saturated rings. The number of carbonyl (C=O) groups excluding carboxylic acids is 1. The first-order valence-electron chi connectivity index (χ1n) is 6.79. The topological polar surface area (TPSA) is 64.7 Å². The highest BCUT2D eigenvalue weighted by molar-refractivity contribution is 7.96. The van der Waals surface area contributed by atoms with Crippen molar-refractivity contribution in [3.05, 3.63) is 12.3 Å². The van der Waals surface area contributed by atoms with Gasteiger partial charge in [0.25, 0.3) is 0 Å². The van der Waals surface area contributed by atoms with Crippen LogP contribution in [-0.4, -0.2) is 17.2 Å². The predicted octanol–water partition coefficient (Wildman–Crippen LogP) is 3.17. The van der Waals surface area contributed by atoms with Crippen molar-refractivity contribution in [3.8, 4) is 0 Å². The summed E-state index contributed by atoms with van der Waals surface area (Å²) in [6.07, 6.45) is 5.91. The second kappa shape index (κ2) is 9.29. The molecule has 20 heavy (non-hydrogen) atoms. The monoisotopic (exact) mass is 320 g/mol. The molecule has 2 N–H and O–H groups in total. The third kappa shape index (κ3) is 6.66. The summed E-state index contributed by atoms with van der Waals surface area (Å²) in [5.74, 6) is 1.23. The van der Waals surface area contributed by atoms with Crippen LogP contribution in [0.2, 0.25) is 0 Å². The number of halogens is 1. The van der Waals surface area contributed by atoms with Crippen LogP contribution in [0.1, 0.15) is 40.0 Å². The molecule has 0 amide bonds. The van der Waals surface area contributed by atoms with Gasteiger partial charge in [-0.05, 0) is 30.6 Å². The van der Waals surface area contributed by atoms with Crippen molar-refractivity contribution in [2.45, 2.75) is 46.1 Å². The maximum absolute atomic E-state index is 11.7. The molecular weight excluding hydrogens is 296 g/mol. The van der Waals surface area contributed by atoms with Gasteiger partial charge < -0.3 is 10.5 Å². The molecule has 1 unspecified atom stereocenters. The van der Waals surface area contributed by atoms with Crippen LogP contribution in [0, 0.1) is 17.8 Å². The van der Waals surface area contributed by atoms with Gasteiger partial charge in [0.05, 0.1) is 0 Å². The molecule has 0 spiro atoms. The normalized spacial score (nSPS) is 27.4. The van der Waals surface area contributed by atoms with Crippen LogP contribution in [-0.2, 0) is 9.53 Å². The number of esters is 1. The number of rotatable bonds is 4. The number of hydrogen-bond acceptors (Lipinski definition) is 3. The molecule has 1 saturated carbocycles. The SMILES string of the molecule is CC1CC[C@H](C(C)C)[C@H](OC(=O)C=CN=C(N)S)C1.Cl. The van der Waals surface area contributed by atoms with Gasteiger partial charge in [0, 0.05) is 12.3 Å². The molecule has 1 aliphatic rings. The van der Waals surface area contributed by atoms with E-state index >= 15 is 0 Å². The standard InChI is InChI=1S/C14H24N2O2S.ClH/c1-9(2)11-5-4-10(3)8-12(11)18-13(17)6-7-16-14(15)19;/h6-7,9-12H,4-5,8H2,1-3H3,(H3,15,16,19);1H/t10?,11-,12-;/m1./s1. The van der Waals surface area contributed by atoms with E-state index in [1.807, 2.05) is 0 Å². The fourth-order valence-corrected chi connectivity index (χ4v) is 2.68. The summed E-state index contributed by atoms with van der Waals surface area (Å²) < 4.78 is 5.56. The molecule has 0 saturated heterocycles. The van der Waals surface area contributed by atoms with Crippen molar-refractivity contribution in [3.63, 3.8) is 0 Å². The van der Waals surface area contributed by atoms with Crippen LogP contribution >= 0.6 is 25.0 Å². The molecule has 0 aromatic heterocycles. The second-order valence-corrected chi connectivity index (χ2v) is 6.06. The van der Waals surface area contributed by atoms with Crippen LogP contribution < -0.4 is 5.73 Å². The van der Waals surface area contributed by atoms with Gasteiger partial charge in [0.2, 0.25) is 0 Å². The molecule has 4 nitrogen and oxygen atoms in total. The lowest BCUT2D eigenvalue weighted by Gasteiger charge is -2.36. The highest BCUT2D eigenvalue weighted by Crippen LogP contribution is 2.35. The molecule has 0 aromatic rings. The first kappa shape index (κ1) is 19.3. The van der Waals surface area contributed by atoms with E-state index in [4.69, 9.17) is 10.5 Å². The molecule has 0 aliphatic heterocycles. The van der Waals surface area contributed by atoms with E-state index in [2.05, 4.69) is 38.4 Å². The first-order valence-corrected chi connectivity index (χ1v) is 7.24. The molecule has 0 aromatic carbocycles. The van der Waals surface area contributed by atoms with Crippen LogP contribution in [0.25, 0.3) is 0 Å². The largest absolute Gasteiger partial charge is 0.459 e. The Balaban J connectivity index is 0.00000361. The van der Waals surface area contributed by atoms with E-state index in [9.17, 15) is 4.79 Å². The Labute approximate surface area is 133 Å². The highest BCUT2D eigenvalue weighted by atomic mass is 35.5. The number of carbonyl (C=O) groups is 1. The van der Waals surface area contributed by atoms with Gasteiger partial charge in [-0.2, -0.15) is 0 Å². The van der Waals surface area contributed by atoms with E-state index in [0.29, 0.717) is 17.8 Å². The Morgan fingerprint density at radius 2 is 2.10 bits per heavy atom. The van der Waals surface area contributed by atoms with E-state index in [1.54, 1.807) is 0 Å². The van der Waals surface area contributed by atoms with Crippen molar-refractivity contribution in [2.75, 3.05) is 0 Å². The van der Waals surface area contributed by atoms with Gasteiger partial charge in [-0.15, -0.1) is 25.0 Å². The van der Waals surface area contributed by atoms with Gasteiger partial charge in [-0.3, -0.25) is 0 Å². The summed E-state index contributed by atoms with van der Waals surface area (Å²) in [5.41, 5.74) is 5.25. The second-order valence-electron chi connectivity index (χ2n) is 5.60. The smallest absolute Gasteiger partial charge is 0.332 e. The van der Waals surface area contributed by atoms with Crippen molar-refractivity contribution in [2.24, 2.45) is 28.5 Å². The molecule has 1 aliphatic carbocycles. The Morgan fingerprint density at radius 3 is 2.65 bits per heavy atom.